The van der Waals surface area contributed by atoms with Crippen LogP contribution in [0, 0.1) is 0 Å². The standard InChI is InChI=1S/C11H15ClFN/c12-11-8-9(5-7-14)3-4-10(11)2-1-6-13/h3-4,8H,1-2,5-7,14H2. The van der Waals surface area contributed by atoms with Crippen LogP contribution in [0.4, 0.5) is 4.39 Å². The van der Waals surface area contributed by atoms with E-state index < -0.39 is 0 Å². The molecule has 0 aliphatic carbocycles. The van der Waals surface area contributed by atoms with Gasteiger partial charge in [0, 0.05) is 5.02 Å². The van der Waals surface area contributed by atoms with E-state index in [0.29, 0.717) is 19.4 Å². The second-order valence-corrected chi connectivity index (χ2v) is 3.66. The summed E-state index contributed by atoms with van der Waals surface area (Å²) < 4.78 is 12.0. The van der Waals surface area contributed by atoms with Crippen LogP contribution in [0.25, 0.3) is 0 Å². The number of hydrogen-bond acceptors (Lipinski definition) is 1. The van der Waals surface area contributed by atoms with E-state index in [2.05, 4.69) is 0 Å². The molecule has 0 aliphatic rings. The van der Waals surface area contributed by atoms with Gasteiger partial charge in [0.25, 0.3) is 0 Å². The zero-order valence-electron chi connectivity index (χ0n) is 8.10. The SMILES string of the molecule is NCCc1ccc(CCCF)c(Cl)c1. The minimum absolute atomic E-state index is 0.291. The molecule has 0 amide bonds. The van der Waals surface area contributed by atoms with Gasteiger partial charge in [-0.05, 0) is 43.0 Å². The molecule has 0 aromatic heterocycles. The summed E-state index contributed by atoms with van der Waals surface area (Å²) in [6.07, 6.45) is 2.08. The molecule has 0 bridgehead atoms. The van der Waals surface area contributed by atoms with Crippen LogP contribution >= 0.6 is 11.6 Å². The maximum absolute atomic E-state index is 12.0. The maximum atomic E-state index is 12.0. The predicted octanol–water partition coefficient (Wildman–Crippen LogP) is 2.74. The highest BCUT2D eigenvalue weighted by molar-refractivity contribution is 6.31. The molecule has 0 fully saturated rings. The smallest absolute Gasteiger partial charge is 0.0897 e. The lowest BCUT2D eigenvalue weighted by Gasteiger charge is -2.05. The van der Waals surface area contributed by atoms with Crippen LogP contribution in [0.3, 0.4) is 0 Å². The Balaban J connectivity index is 2.68. The van der Waals surface area contributed by atoms with Gasteiger partial charge in [0.1, 0.15) is 0 Å². The van der Waals surface area contributed by atoms with E-state index in [9.17, 15) is 4.39 Å². The minimum Gasteiger partial charge on any atom is -0.330 e. The summed E-state index contributed by atoms with van der Waals surface area (Å²) in [5, 5.41) is 0.726. The Kier molecular flexibility index (Phi) is 4.91. The number of halogens is 2. The Bertz CT molecular complexity index is 289. The molecule has 14 heavy (non-hydrogen) atoms. The van der Waals surface area contributed by atoms with E-state index >= 15 is 0 Å². The van der Waals surface area contributed by atoms with Gasteiger partial charge >= 0.3 is 0 Å². The Hall–Kier alpha value is -0.600. The monoisotopic (exact) mass is 215 g/mol. The van der Waals surface area contributed by atoms with Crippen LogP contribution < -0.4 is 5.73 Å². The molecular formula is C11H15ClFN. The van der Waals surface area contributed by atoms with Crippen LogP contribution in [-0.2, 0) is 12.8 Å². The molecule has 3 heteroatoms. The molecule has 0 atom stereocenters. The first kappa shape index (κ1) is 11.5. The molecule has 1 aromatic rings. The summed E-state index contributed by atoms with van der Waals surface area (Å²) in [5.41, 5.74) is 7.60. The van der Waals surface area contributed by atoms with E-state index in [1.807, 2.05) is 18.2 Å². The molecule has 0 saturated carbocycles. The Morgan fingerprint density at radius 2 is 2.07 bits per heavy atom. The minimum atomic E-state index is -0.291. The van der Waals surface area contributed by atoms with Gasteiger partial charge in [-0.3, -0.25) is 4.39 Å². The molecular weight excluding hydrogens is 201 g/mol. The highest BCUT2D eigenvalue weighted by Gasteiger charge is 2.01. The van der Waals surface area contributed by atoms with Crippen molar-refractivity contribution in [3.8, 4) is 0 Å². The third-order valence-electron chi connectivity index (χ3n) is 2.13. The van der Waals surface area contributed by atoms with Crippen molar-refractivity contribution in [3.05, 3.63) is 34.3 Å². The molecule has 0 saturated heterocycles. The summed E-state index contributed by atoms with van der Waals surface area (Å²) in [4.78, 5) is 0. The normalized spacial score (nSPS) is 10.5. The van der Waals surface area contributed by atoms with Crippen molar-refractivity contribution in [1.82, 2.24) is 0 Å². The zero-order chi connectivity index (χ0) is 10.4. The molecule has 1 nitrogen and oxygen atoms in total. The van der Waals surface area contributed by atoms with E-state index in [4.69, 9.17) is 17.3 Å². The van der Waals surface area contributed by atoms with Crippen LogP contribution in [-0.4, -0.2) is 13.2 Å². The molecule has 0 aliphatic heterocycles. The van der Waals surface area contributed by atoms with Crippen molar-refractivity contribution in [2.24, 2.45) is 5.73 Å². The number of nitrogens with two attached hydrogens (primary N) is 1. The molecule has 1 rings (SSSR count). The average Bonchev–Trinajstić information content (AvgIpc) is 2.17. The van der Waals surface area contributed by atoms with Crippen molar-refractivity contribution in [2.75, 3.05) is 13.2 Å². The van der Waals surface area contributed by atoms with Crippen LogP contribution in [0.15, 0.2) is 18.2 Å². The third kappa shape index (κ3) is 3.28. The molecule has 0 radical (unpaired) electrons. The van der Waals surface area contributed by atoms with Gasteiger partial charge in [0.05, 0.1) is 6.67 Å². The van der Waals surface area contributed by atoms with E-state index in [1.54, 1.807) is 0 Å². The molecule has 1 aromatic carbocycles. The fourth-order valence-electron chi connectivity index (χ4n) is 1.37. The highest BCUT2D eigenvalue weighted by Crippen LogP contribution is 2.19. The number of benzene rings is 1. The van der Waals surface area contributed by atoms with E-state index in [1.165, 1.54) is 0 Å². The lowest BCUT2D eigenvalue weighted by Crippen LogP contribution is -2.02. The lowest BCUT2D eigenvalue weighted by molar-refractivity contribution is 0.473. The fraction of sp³-hybridized carbons (Fsp3) is 0.455. The predicted molar refractivity (Wildman–Crippen MR) is 58.5 cm³/mol. The van der Waals surface area contributed by atoms with Crippen molar-refractivity contribution in [2.45, 2.75) is 19.3 Å². The van der Waals surface area contributed by atoms with Crippen LogP contribution in [0.2, 0.25) is 5.02 Å². The first-order valence-electron chi connectivity index (χ1n) is 4.81. The maximum Gasteiger partial charge on any atom is 0.0897 e. The number of aryl methyl sites for hydroxylation is 1. The van der Waals surface area contributed by atoms with Gasteiger partial charge in [0.15, 0.2) is 0 Å². The number of hydrogen-bond donors (Lipinski definition) is 1. The molecule has 0 unspecified atom stereocenters. The Morgan fingerprint density at radius 1 is 1.29 bits per heavy atom. The number of alkyl halides is 1. The van der Waals surface area contributed by atoms with E-state index in [0.717, 1.165) is 22.6 Å². The van der Waals surface area contributed by atoms with Crippen molar-refractivity contribution in [3.63, 3.8) is 0 Å². The quantitative estimate of drug-likeness (QED) is 0.803. The lowest BCUT2D eigenvalue weighted by atomic mass is 10.1. The van der Waals surface area contributed by atoms with Crippen LogP contribution in [0.5, 0.6) is 0 Å². The summed E-state index contributed by atoms with van der Waals surface area (Å²) in [6.45, 7) is 0.334. The number of rotatable bonds is 5. The van der Waals surface area contributed by atoms with Crippen molar-refractivity contribution < 1.29 is 4.39 Å². The zero-order valence-corrected chi connectivity index (χ0v) is 8.86. The summed E-state index contributed by atoms with van der Waals surface area (Å²) in [6, 6.07) is 5.89. The topological polar surface area (TPSA) is 26.0 Å². The molecule has 0 spiro atoms. The van der Waals surface area contributed by atoms with E-state index in [-0.39, 0.29) is 6.67 Å². The average molecular weight is 216 g/mol. The highest BCUT2D eigenvalue weighted by atomic mass is 35.5. The Labute approximate surface area is 89.1 Å². The Morgan fingerprint density at radius 3 is 2.64 bits per heavy atom. The van der Waals surface area contributed by atoms with Crippen molar-refractivity contribution >= 4 is 11.6 Å². The van der Waals surface area contributed by atoms with Gasteiger partial charge in [-0.25, -0.2) is 0 Å². The fourth-order valence-corrected chi connectivity index (χ4v) is 1.67. The summed E-state index contributed by atoms with van der Waals surface area (Å²) in [5.74, 6) is 0. The summed E-state index contributed by atoms with van der Waals surface area (Å²) >= 11 is 6.04. The first-order valence-corrected chi connectivity index (χ1v) is 5.19. The molecule has 2 N–H and O–H groups in total. The molecule has 78 valence electrons. The van der Waals surface area contributed by atoms with Gasteiger partial charge in [-0.15, -0.1) is 0 Å². The second-order valence-electron chi connectivity index (χ2n) is 3.26. The van der Waals surface area contributed by atoms with Gasteiger partial charge < -0.3 is 5.73 Å². The first-order chi connectivity index (χ1) is 6.77. The third-order valence-corrected chi connectivity index (χ3v) is 2.48. The van der Waals surface area contributed by atoms with Crippen molar-refractivity contribution in [1.29, 1.82) is 0 Å². The second kappa shape index (κ2) is 5.99. The van der Waals surface area contributed by atoms with Gasteiger partial charge in [-0.2, -0.15) is 0 Å². The van der Waals surface area contributed by atoms with Crippen LogP contribution in [0.1, 0.15) is 17.5 Å². The summed E-state index contributed by atoms with van der Waals surface area (Å²) in [7, 11) is 0. The van der Waals surface area contributed by atoms with Gasteiger partial charge in [0.2, 0.25) is 0 Å². The van der Waals surface area contributed by atoms with Gasteiger partial charge in [-0.1, -0.05) is 23.7 Å². The largest absolute Gasteiger partial charge is 0.330 e. The molecule has 0 heterocycles.